The Balaban J connectivity index is 1.79. The monoisotopic (exact) mass is 464 g/mol. The fourth-order valence-corrected chi connectivity index (χ4v) is 4.09. The summed E-state index contributed by atoms with van der Waals surface area (Å²) in [6.07, 6.45) is 3.07. The molecule has 0 radical (unpaired) electrons. The van der Waals surface area contributed by atoms with Crippen LogP contribution < -0.4 is 21.1 Å². The number of nitrogens with one attached hydrogen (secondary N) is 2. The Labute approximate surface area is 197 Å². The lowest BCUT2D eigenvalue weighted by molar-refractivity contribution is 0.0952. The van der Waals surface area contributed by atoms with Crippen molar-refractivity contribution in [3.05, 3.63) is 64.7 Å². The first-order valence-electron chi connectivity index (χ1n) is 10.6. The molecule has 8 nitrogen and oxygen atoms in total. The Morgan fingerprint density at radius 2 is 2.09 bits per heavy atom. The summed E-state index contributed by atoms with van der Waals surface area (Å²) in [5.41, 5.74) is 8.34. The molecule has 0 bridgehead atoms. The minimum atomic E-state index is -0.215. The lowest BCUT2D eigenvalue weighted by Gasteiger charge is -2.14. The van der Waals surface area contributed by atoms with Gasteiger partial charge in [-0.15, -0.1) is 11.3 Å². The summed E-state index contributed by atoms with van der Waals surface area (Å²) in [6, 6.07) is 13.7. The SMILES string of the molecule is CCNC(=O)c1c(OCC)ccnc1NCc1ccc(-c2cccc(C(N)=NC=NC)c2)s1. The van der Waals surface area contributed by atoms with Crippen molar-refractivity contribution in [3.63, 3.8) is 0 Å². The van der Waals surface area contributed by atoms with Crippen molar-refractivity contribution in [3.8, 4) is 16.2 Å². The second-order valence-electron chi connectivity index (χ2n) is 6.91. The molecule has 1 amide bonds. The molecular formula is C24H28N6O2S. The molecular weight excluding hydrogens is 436 g/mol. The number of amidine groups is 1. The molecule has 2 heterocycles. The fraction of sp³-hybridized carbons (Fsp3) is 0.250. The zero-order valence-electron chi connectivity index (χ0n) is 19.0. The van der Waals surface area contributed by atoms with Crippen LogP contribution in [0.25, 0.3) is 10.4 Å². The van der Waals surface area contributed by atoms with Crippen LogP contribution in [0.5, 0.6) is 5.75 Å². The second kappa shape index (κ2) is 11.8. The van der Waals surface area contributed by atoms with Gasteiger partial charge in [-0.1, -0.05) is 18.2 Å². The summed E-state index contributed by atoms with van der Waals surface area (Å²) in [5, 5.41) is 6.12. The highest BCUT2D eigenvalue weighted by molar-refractivity contribution is 7.15. The van der Waals surface area contributed by atoms with E-state index < -0.39 is 0 Å². The molecule has 4 N–H and O–H groups in total. The smallest absolute Gasteiger partial charge is 0.258 e. The topological polar surface area (TPSA) is 114 Å². The highest BCUT2D eigenvalue weighted by Crippen LogP contribution is 2.30. The van der Waals surface area contributed by atoms with Crippen molar-refractivity contribution in [2.24, 2.45) is 15.7 Å². The van der Waals surface area contributed by atoms with Crippen molar-refractivity contribution >= 4 is 35.2 Å². The summed E-state index contributed by atoms with van der Waals surface area (Å²) in [7, 11) is 1.65. The Kier molecular flexibility index (Phi) is 8.54. The second-order valence-corrected chi connectivity index (χ2v) is 8.08. The summed E-state index contributed by atoms with van der Waals surface area (Å²) in [6.45, 7) is 5.26. The molecule has 0 aliphatic rings. The van der Waals surface area contributed by atoms with E-state index in [-0.39, 0.29) is 5.91 Å². The van der Waals surface area contributed by atoms with E-state index in [1.165, 1.54) is 6.34 Å². The van der Waals surface area contributed by atoms with Gasteiger partial charge in [-0.25, -0.2) is 9.98 Å². The maximum absolute atomic E-state index is 12.6. The Hall–Kier alpha value is -3.72. The number of aliphatic imine (C=N–C) groups is 2. The molecule has 3 aromatic rings. The van der Waals surface area contributed by atoms with Crippen molar-refractivity contribution in [2.45, 2.75) is 20.4 Å². The third-order valence-corrected chi connectivity index (χ3v) is 5.76. The van der Waals surface area contributed by atoms with Crippen LogP contribution in [0.4, 0.5) is 5.82 Å². The van der Waals surface area contributed by atoms with E-state index in [1.807, 2.05) is 38.1 Å². The predicted molar refractivity (Wildman–Crippen MR) is 136 cm³/mol. The zero-order valence-corrected chi connectivity index (χ0v) is 19.8. The van der Waals surface area contributed by atoms with Crippen LogP contribution >= 0.6 is 11.3 Å². The minimum Gasteiger partial charge on any atom is -0.493 e. The number of carbonyl (C=O) groups is 1. The van der Waals surface area contributed by atoms with E-state index >= 15 is 0 Å². The van der Waals surface area contributed by atoms with E-state index in [0.29, 0.717) is 42.7 Å². The van der Waals surface area contributed by atoms with Crippen LogP contribution in [-0.2, 0) is 6.54 Å². The first kappa shape index (κ1) is 23.9. The van der Waals surface area contributed by atoms with Gasteiger partial charge in [0.05, 0.1) is 13.2 Å². The number of hydrogen-bond donors (Lipinski definition) is 3. The maximum Gasteiger partial charge on any atom is 0.258 e. The number of aromatic nitrogens is 1. The Bertz CT molecular complexity index is 1160. The average Bonchev–Trinajstić information content (AvgIpc) is 3.31. The number of carbonyl (C=O) groups excluding carboxylic acids is 1. The van der Waals surface area contributed by atoms with Crippen molar-refractivity contribution < 1.29 is 9.53 Å². The number of nitrogens with two attached hydrogens (primary N) is 1. The Morgan fingerprint density at radius 3 is 2.85 bits per heavy atom. The number of anilines is 1. The van der Waals surface area contributed by atoms with Gasteiger partial charge in [0.2, 0.25) is 0 Å². The van der Waals surface area contributed by atoms with Gasteiger partial charge in [0.15, 0.2) is 0 Å². The zero-order chi connectivity index (χ0) is 23.6. The standard InChI is InChI=1S/C24H28N6O2S/c1-4-27-24(31)21-19(32-5-2)11-12-28-23(21)29-14-18-9-10-20(33-18)16-7-6-8-17(13-16)22(25)30-15-26-3/h6-13,15H,4-5,14H2,1-3H3,(H,27,31)(H,28,29)(H2,25,26,30). The number of ether oxygens (including phenoxy) is 1. The van der Waals surface area contributed by atoms with Crippen molar-refractivity contribution in [2.75, 3.05) is 25.5 Å². The van der Waals surface area contributed by atoms with Crippen molar-refractivity contribution in [1.29, 1.82) is 0 Å². The Morgan fingerprint density at radius 1 is 1.24 bits per heavy atom. The van der Waals surface area contributed by atoms with Crippen LogP contribution in [0.3, 0.4) is 0 Å². The van der Waals surface area contributed by atoms with E-state index in [4.69, 9.17) is 10.5 Å². The number of nitrogens with zero attached hydrogens (tertiary/aromatic N) is 3. The number of thiophene rings is 1. The third-order valence-electron chi connectivity index (χ3n) is 4.62. The van der Waals surface area contributed by atoms with Crippen molar-refractivity contribution in [1.82, 2.24) is 10.3 Å². The molecule has 0 aliphatic heterocycles. The van der Waals surface area contributed by atoms with Gasteiger partial charge in [0.25, 0.3) is 5.91 Å². The van der Waals surface area contributed by atoms with Gasteiger partial charge in [0.1, 0.15) is 29.3 Å². The predicted octanol–water partition coefficient (Wildman–Crippen LogP) is 3.93. The molecule has 1 aromatic carbocycles. The summed E-state index contributed by atoms with van der Waals surface area (Å²) < 4.78 is 5.65. The number of pyridine rings is 1. The van der Waals surface area contributed by atoms with Gasteiger partial charge >= 0.3 is 0 Å². The molecule has 0 aliphatic carbocycles. The van der Waals surface area contributed by atoms with Crippen LogP contribution in [0, 0.1) is 0 Å². The van der Waals surface area contributed by atoms with Crippen LogP contribution in [0.15, 0.2) is 58.6 Å². The maximum atomic E-state index is 12.6. The van der Waals surface area contributed by atoms with E-state index in [9.17, 15) is 4.79 Å². The quantitative estimate of drug-likeness (QED) is 0.311. The lowest BCUT2D eigenvalue weighted by atomic mass is 10.1. The van der Waals surface area contributed by atoms with Gasteiger partial charge < -0.3 is 21.1 Å². The third kappa shape index (κ3) is 6.17. The highest BCUT2D eigenvalue weighted by Gasteiger charge is 2.18. The number of hydrogen-bond acceptors (Lipinski definition) is 6. The van der Waals surface area contributed by atoms with Crippen LogP contribution in [0.2, 0.25) is 0 Å². The molecule has 0 saturated carbocycles. The lowest BCUT2D eigenvalue weighted by Crippen LogP contribution is -2.25. The molecule has 0 spiro atoms. The summed E-state index contributed by atoms with van der Waals surface area (Å²) >= 11 is 1.65. The van der Waals surface area contributed by atoms with E-state index in [0.717, 1.165) is 20.9 Å². The fourth-order valence-electron chi connectivity index (χ4n) is 3.15. The largest absolute Gasteiger partial charge is 0.493 e. The molecule has 9 heteroatoms. The number of rotatable bonds is 10. The number of benzene rings is 1. The highest BCUT2D eigenvalue weighted by atomic mass is 32.1. The molecule has 0 unspecified atom stereocenters. The molecule has 172 valence electrons. The van der Waals surface area contributed by atoms with Gasteiger partial charge in [-0.2, -0.15) is 0 Å². The number of amides is 1. The molecule has 2 aromatic heterocycles. The first-order valence-corrected chi connectivity index (χ1v) is 11.5. The average molecular weight is 465 g/mol. The van der Waals surface area contributed by atoms with Gasteiger partial charge in [0, 0.05) is 35.1 Å². The molecule has 3 rings (SSSR count). The van der Waals surface area contributed by atoms with E-state index in [1.54, 1.807) is 30.6 Å². The normalized spacial score (nSPS) is 11.5. The van der Waals surface area contributed by atoms with E-state index in [2.05, 4.69) is 37.7 Å². The van der Waals surface area contributed by atoms with Crippen LogP contribution in [0.1, 0.15) is 34.6 Å². The minimum absolute atomic E-state index is 0.215. The first-order chi connectivity index (χ1) is 16.1. The molecule has 33 heavy (non-hydrogen) atoms. The molecule has 0 fully saturated rings. The summed E-state index contributed by atoms with van der Waals surface area (Å²) in [5.74, 6) is 1.20. The summed E-state index contributed by atoms with van der Waals surface area (Å²) in [4.78, 5) is 27.1. The molecule has 0 atom stereocenters. The molecule has 0 saturated heterocycles. The van der Waals surface area contributed by atoms with Gasteiger partial charge in [-0.3, -0.25) is 9.79 Å². The van der Waals surface area contributed by atoms with Crippen LogP contribution in [-0.4, -0.2) is 43.3 Å². The van der Waals surface area contributed by atoms with Gasteiger partial charge in [-0.05, 0) is 43.7 Å².